The van der Waals surface area contributed by atoms with E-state index in [9.17, 15) is 23.6 Å². The highest BCUT2D eigenvalue weighted by atomic mass is 35.5. The van der Waals surface area contributed by atoms with Gasteiger partial charge in [-0.2, -0.15) is 0 Å². The maximum absolute atomic E-state index is 13.8. The number of hydrogen-bond donors (Lipinski definition) is 0. The smallest absolute Gasteiger partial charge is 0.326 e. The number of carbonyl (C=O) groups excluding carboxylic acids is 3. The summed E-state index contributed by atoms with van der Waals surface area (Å²) in [7, 11) is 1.31. The van der Waals surface area contributed by atoms with Crippen molar-refractivity contribution in [3.8, 4) is 5.75 Å². The molecule has 1 aromatic carbocycles. The van der Waals surface area contributed by atoms with Crippen molar-refractivity contribution in [3.05, 3.63) is 61.8 Å². The van der Waals surface area contributed by atoms with E-state index in [-0.39, 0.29) is 54.6 Å². The molecule has 204 valence electrons. The molecule has 0 saturated carbocycles. The number of aromatic nitrogens is 1. The Bertz CT molecular complexity index is 1350. The van der Waals surface area contributed by atoms with Crippen LogP contribution in [-0.2, 0) is 29.0 Å². The third-order valence-corrected chi connectivity index (χ3v) is 6.80. The number of nitrogens with zero attached hydrogens (tertiary/aromatic N) is 3. The fourth-order valence-corrected chi connectivity index (χ4v) is 5.09. The minimum atomic E-state index is -0.713. The molecule has 0 aliphatic carbocycles. The zero-order chi connectivity index (χ0) is 27.8. The molecule has 0 radical (unpaired) electrons. The molecule has 1 aromatic heterocycles. The molecule has 0 saturated heterocycles. The van der Waals surface area contributed by atoms with Gasteiger partial charge in [0.1, 0.15) is 23.7 Å². The molecule has 3 heterocycles. The largest absolute Gasteiger partial charge is 0.490 e. The van der Waals surface area contributed by atoms with E-state index in [0.717, 1.165) is 0 Å². The van der Waals surface area contributed by atoms with E-state index in [2.05, 4.69) is 0 Å². The van der Waals surface area contributed by atoms with Gasteiger partial charge in [0.25, 0.3) is 17.4 Å². The van der Waals surface area contributed by atoms with Gasteiger partial charge in [-0.1, -0.05) is 17.7 Å². The molecule has 2 aliphatic rings. The van der Waals surface area contributed by atoms with Gasteiger partial charge in [0, 0.05) is 31.7 Å². The van der Waals surface area contributed by atoms with Gasteiger partial charge in [0.05, 0.1) is 17.7 Å². The Hall–Kier alpha value is -3.40. The van der Waals surface area contributed by atoms with E-state index in [1.165, 1.54) is 39.7 Å². The van der Waals surface area contributed by atoms with Crippen LogP contribution < -0.4 is 10.3 Å². The quantitative estimate of drug-likeness (QED) is 0.532. The van der Waals surface area contributed by atoms with Crippen LogP contribution >= 0.6 is 11.6 Å². The number of pyridine rings is 1. The van der Waals surface area contributed by atoms with E-state index in [4.69, 9.17) is 21.1 Å². The summed E-state index contributed by atoms with van der Waals surface area (Å²) >= 11 is 5.91. The first-order valence-corrected chi connectivity index (χ1v) is 12.9. The van der Waals surface area contributed by atoms with Crippen molar-refractivity contribution in [3.63, 3.8) is 0 Å². The highest BCUT2D eigenvalue weighted by Crippen LogP contribution is 2.31. The maximum atomic E-state index is 13.8. The molecule has 2 aliphatic heterocycles. The topological polar surface area (TPSA) is 98.2 Å². The third kappa shape index (κ3) is 5.55. The SMILES string of the molecule is COc1c2c(c3n(c1=O)CCCCN(CC(=O)OC(C)(C)C)C3=O)CCN(Cc1ccc(F)c(Cl)c1)C2=O. The summed E-state index contributed by atoms with van der Waals surface area (Å²) in [4.78, 5) is 56.4. The van der Waals surface area contributed by atoms with Crippen LogP contribution in [0.5, 0.6) is 5.75 Å². The summed E-state index contributed by atoms with van der Waals surface area (Å²) in [5.41, 5.74) is -0.111. The van der Waals surface area contributed by atoms with Crippen molar-refractivity contribution in [1.82, 2.24) is 14.4 Å². The Morgan fingerprint density at radius 1 is 1.05 bits per heavy atom. The Balaban J connectivity index is 1.74. The minimum absolute atomic E-state index is 0.0364. The van der Waals surface area contributed by atoms with Crippen LogP contribution in [0.15, 0.2) is 23.0 Å². The number of fused-ring (bicyclic) bond motifs is 3. The second-order valence-corrected chi connectivity index (χ2v) is 10.8. The van der Waals surface area contributed by atoms with Gasteiger partial charge in [-0.05, 0) is 57.7 Å². The number of hydrogen-bond acceptors (Lipinski definition) is 6. The Labute approximate surface area is 225 Å². The van der Waals surface area contributed by atoms with Gasteiger partial charge in [-0.25, -0.2) is 4.39 Å². The maximum Gasteiger partial charge on any atom is 0.326 e. The minimum Gasteiger partial charge on any atom is -0.490 e. The molecule has 0 fully saturated rings. The molecular weight excluding hydrogens is 517 g/mol. The van der Waals surface area contributed by atoms with Crippen molar-refractivity contribution >= 4 is 29.4 Å². The van der Waals surface area contributed by atoms with Crippen LogP contribution in [0.3, 0.4) is 0 Å². The van der Waals surface area contributed by atoms with Crippen molar-refractivity contribution in [1.29, 1.82) is 0 Å². The average Bonchev–Trinajstić information content (AvgIpc) is 2.83. The zero-order valence-corrected chi connectivity index (χ0v) is 22.7. The van der Waals surface area contributed by atoms with Crippen LogP contribution in [0.25, 0.3) is 0 Å². The molecule has 2 amide bonds. The number of amides is 2. The van der Waals surface area contributed by atoms with Crippen LogP contribution in [0.4, 0.5) is 4.39 Å². The lowest BCUT2D eigenvalue weighted by Crippen LogP contribution is -2.46. The van der Waals surface area contributed by atoms with Crippen LogP contribution in [0, 0.1) is 5.82 Å². The molecule has 0 N–H and O–H groups in total. The van der Waals surface area contributed by atoms with Crippen LogP contribution in [0.1, 0.15) is 65.6 Å². The van der Waals surface area contributed by atoms with E-state index >= 15 is 0 Å². The van der Waals surface area contributed by atoms with Crippen LogP contribution in [-0.4, -0.2) is 64.5 Å². The lowest BCUT2D eigenvalue weighted by Gasteiger charge is -2.34. The number of halogens is 2. The molecule has 0 bridgehead atoms. The number of carbonyl (C=O) groups is 3. The Kier molecular flexibility index (Phi) is 7.83. The highest BCUT2D eigenvalue weighted by Gasteiger charge is 2.37. The van der Waals surface area contributed by atoms with Gasteiger partial charge in [0.2, 0.25) is 0 Å². The molecule has 0 atom stereocenters. The molecule has 38 heavy (non-hydrogen) atoms. The predicted molar refractivity (Wildman–Crippen MR) is 138 cm³/mol. The van der Waals surface area contributed by atoms with Gasteiger partial charge < -0.3 is 23.8 Å². The van der Waals surface area contributed by atoms with Gasteiger partial charge in [-0.15, -0.1) is 0 Å². The summed E-state index contributed by atoms with van der Waals surface area (Å²) in [5, 5.41) is -0.0553. The third-order valence-electron chi connectivity index (χ3n) is 6.51. The lowest BCUT2D eigenvalue weighted by atomic mass is 9.94. The highest BCUT2D eigenvalue weighted by molar-refractivity contribution is 6.30. The molecule has 11 heteroatoms. The standard InChI is InChI=1S/C27H31ClFN3O6/c1-27(2,3)38-20(33)15-30-10-5-6-11-32-22(25(30)35)17-9-12-31(14-16-7-8-19(29)18(28)13-16)24(34)21(17)23(37-4)26(32)36/h7-8,13H,5-6,9-12,14-15H2,1-4H3. The summed E-state index contributed by atoms with van der Waals surface area (Å²) in [6, 6.07) is 4.22. The summed E-state index contributed by atoms with van der Waals surface area (Å²) in [5.74, 6) is -2.21. The molecule has 4 rings (SSSR count). The average molecular weight is 548 g/mol. The Morgan fingerprint density at radius 2 is 1.76 bits per heavy atom. The zero-order valence-electron chi connectivity index (χ0n) is 21.9. The molecular formula is C27H31ClFN3O6. The van der Waals surface area contributed by atoms with Crippen molar-refractivity contribution in [2.24, 2.45) is 0 Å². The van der Waals surface area contributed by atoms with E-state index < -0.39 is 34.8 Å². The second-order valence-electron chi connectivity index (χ2n) is 10.4. The first-order chi connectivity index (χ1) is 17.9. The monoisotopic (exact) mass is 547 g/mol. The first-order valence-electron chi connectivity index (χ1n) is 12.5. The predicted octanol–water partition coefficient (Wildman–Crippen LogP) is 3.43. The number of benzene rings is 1. The summed E-state index contributed by atoms with van der Waals surface area (Å²) in [6.45, 7) is 5.97. The second kappa shape index (κ2) is 10.8. The van der Waals surface area contributed by atoms with E-state index in [0.29, 0.717) is 30.5 Å². The normalized spacial score (nSPS) is 15.9. The van der Waals surface area contributed by atoms with Crippen molar-refractivity contribution in [2.45, 2.75) is 58.7 Å². The molecule has 0 spiro atoms. The summed E-state index contributed by atoms with van der Waals surface area (Å²) < 4.78 is 25.8. The van der Waals surface area contributed by atoms with E-state index in [1.807, 2.05) is 0 Å². The summed E-state index contributed by atoms with van der Waals surface area (Å²) in [6.07, 6.45) is 1.47. The van der Waals surface area contributed by atoms with Gasteiger partial charge in [0.15, 0.2) is 5.75 Å². The van der Waals surface area contributed by atoms with Crippen molar-refractivity contribution in [2.75, 3.05) is 26.7 Å². The fraction of sp³-hybridized carbons (Fsp3) is 0.481. The first kappa shape index (κ1) is 27.6. The Morgan fingerprint density at radius 3 is 2.42 bits per heavy atom. The number of ether oxygens (including phenoxy) is 2. The fourth-order valence-electron chi connectivity index (χ4n) is 4.89. The van der Waals surface area contributed by atoms with Gasteiger partial charge >= 0.3 is 5.97 Å². The number of rotatable bonds is 5. The number of esters is 1. The van der Waals surface area contributed by atoms with E-state index in [1.54, 1.807) is 20.8 Å². The lowest BCUT2D eigenvalue weighted by molar-refractivity contribution is -0.155. The molecule has 2 aromatic rings. The van der Waals surface area contributed by atoms with Crippen LogP contribution in [0.2, 0.25) is 5.02 Å². The number of methoxy groups -OCH3 is 1. The van der Waals surface area contributed by atoms with Gasteiger partial charge in [-0.3, -0.25) is 19.2 Å². The molecule has 9 nitrogen and oxygen atoms in total. The van der Waals surface area contributed by atoms with Crippen molar-refractivity contribution < 1.29 is 28.2 Å². The molecule has 0 unspecified atom stereocenters.